The maximum atomic E-state index is 11.6. The van der Waals surface area contributed by atoms with E-state index in [1.54, 1.807) is 0 Å². The van der Waals surface area contributed by atoms with Gasteiger partial charge >= 0.3 is 0 Å². The molecule has 4 N–H and O–H groups in total. The van der Waals surface area contributed by atoms with Gasteiger partial charge in [0.1, 0.15) is 11.5 Å². The van der Waals surface area contributed by atoms with Gasteiger partial charge in [0.2, 0.25) is 5.91 Å². The number of aliphatic hydroxyl groups is 1. The summed E-state index contributed by atoms with van der Waals surface area (Å²) in [4.78, 5) is 11.6. The van der Waals surface area contributed by atoms with Crippen molar-refractivity contribution in [3.63, 3.8) is 0 Å². The zero-order valence-corrected chi connectivity index (χ0v) is 15.6. The number of hydrogen-bond acceptors (Lipinski definition) is 4. The van der Waals surface area contributed by atoms with Crippen LogP contribution in [0.5, 0.6) is 0 Å². The van der Waals surface area contributed by atoms with E-state index in [1.165, 1.54) is 0 Å². The molecule has 1 aliphatic rings. The van der Waals surface area contributed by atoms with Crippen molar-refractivity contribution in [1.82, 2.24) is 5.32 Å². The summed E-state index contributed by atoms with van der Waals surface area (Å²) in [7, 11) is 0. The van der Waals surface area contributed by atoms with Gasteiger partial charge < -0.3 is 20.6 Å². The van der Waals surface area contributed by atoms with E-state index in [-0.39, 0.29) is 0 Å². The Balaban J connectivity index is 1.32. The molecule has 28 heavy (non-hydrogen) atoms. The topological polar surface area (TPSA) is 88.5 Å². The zero-order valence-electron chi connectivity index (χ0n) is 15.6. The van der Waals surface area contributed by atoms with Crippen LogP contribution >= 0.6 is 0 Å². The van der Waals surface area contributed by atoms with E-state index in [4.69, 9.17) is 10.2 Å². The number of nitrogens with one attached hydrogen (secondary N) is 1. The molecule has 1 aliphatic carbocycles. The normalized spacial score (nSPS) is 18.2. The number of furan rings is 1. The molecule has 5 nitrogen and oxygen atoms in total. The van der Waals surface area contributed by atoms with Crippen molar-refractivity contribution >= 4 is 5.91 Å². The summed E-state index contributed by atoms with van der Waals surface area (Å²) in [6.07, 6.45) is 0.563. The molecule has 5 heteroatoms. The molecule has 0 unspecified atom stereocenters. The van der Waals surface area contributed by atoms with Crippen LogP contribution < -0.4 is 11.1 Å². The number of carbonyl (C=O) groups is 1. The fourth-order valence-corrected chi connectivity index (χ4v) is 3.84. The lowest BCUT2D eigenvalue weighted by molar-refractivity contribution is -0.121. The van der Waals surface area contributed by atoms with Crippen LogP contribution in [0.25, 0.3) is 11.3 Å². The monoisotopic (exact) mass is 376 g/mol. The summed E-state index contributed by atoms with van der Waals surface area (Å²) >= 11 is 0. The predicted molar refractivity (Wildman–Crippen MR) is 108 cm³/mol. The van der Waals surface area contributed by atoms with E-state index < -0.39 is 17.9 Å². The van der Waals surface area contributed by atoms with Crippen LogP contribution in [0, 0.1) is 0 Å². The lowest BCUT2D eigenvalue weighted by Crippen LogP contribution is -2.28. The van der Waals surface area contributed by atoms with E-state index in [1.807, 2.05) is 60.7 Å². The van der Waals surface area contributed by atoms with Gasteiger partial charge in [0, 0.05) is 25.1 Å². The number of benzene rings is 2. The van der Waals surface area contributed by atoms with Crippen molar-refractivity contribution in [2.45, 2.75) is 31.4 Å². The van der Waals surface area contributed by atoms with Crippen LogP contribution in [0.1, 0.15) is 28.4 Å². The number of fused-ring (bicyclic) bond motifs is 1. The fourth-order valence-electron chi connectivity index (χ4n) is 3.84. The molecule has 1 aromatic heterocycles. The molecule has 2 aromatic carbocycles. The largest absolute Gasteiger partial charge is 0.461 e. The summed E-state index contributed by atoms with van der Waals surface area (Å²) in [6, 6.07) is 20.1. The first-order chi connectivity index (χ1) is 13.6. The fraction of sp³-hybridized carbons (Fsp3) is 0.261. The standard InChI is InChI=1S/C23H24N2O3/c24-23(27)22-19-12-15(6-7-17(19)13-20(22)26)14-25-11-10-18-8-9-21(28-18)16-4-2-1-3-5-16/h1-9,12,20,22,25-26H,10-11,13-14H2,(H2,24,27)/t20-,22-/m1/s1. The van der Waals surface area contributed by atoms with E-state index >= 15 is 0 Å². The number of aliphatic hydroxyl groups excluding tert-OH is 1. The molecule has 0 radical (unpaired) electrons. The van der Waals surface area contributed by atoms with E-state index in [0.29, 0.717) is 13.0 Å². The number of amides is 1. The second-order valence-corrected chi connectivity index (χ2v) is 7.24. The minimum absolute atomic E-state index is 0.469. The van der Waals surface area contributed by atoms with Crippen molar-refractivity contribution in [1.29, 1.82) is 0 Å². The van der Waals surface area contributed by atoms with Crippen LogP contribution in [0.15, 0.2) is 65.1 Å². The second kappa shape index (κ2) is 8.00. The maximum Gasteiger partial charge on any atom is 0.227 e. The quantitative estimate of drug-likeness (QED) is 0.553. The molecule has 4 rings (SSSR count). The van der Waals surface area contributed by atoms with Crippen molar-refractivity contribution < 1.29 is 14.3 Å². The lowest BCUT2D eigenvalue weighted by Gasteiger charge is -2.12. The van der Waals surface area contributed by atoms with Crippen LogP contribution in [-0.4, -0.2) is 23.7 Å². The summed E-state index contributed by atoms with van der Waals surface area (Å²) in [5.74, 6) is 0.750. The van der Waals surface area contributed by atoms with Crippen molar-refractivity contribution in [3.8, 4) is 11.3 Å². The Morgan fingerprint density at radius 3 is 2.75 bits per heavy atom. The number of primary amides is 1. The third-order valence-corrected chi connectivity index (χ3v) is 5.26. The average molecular weight is 376 g/mol. The van der Waals surface area contributed by atoms with E-state index in [0.717, 1.165) is 46.7 Å². The van der Waals surface area contributed by atoms with Crippen LogP contribution in [0.2, 0.25) is 0 Å². The Labute approximate surface area is 164 Å². The molecule has 0 saturated heterocycles. The number of hydrogen-bond donors (Lipinski definition) is 3. The molecule has 1 amide bonds. The molecule has 0 aliphatic heterocycles. The van der Waals surface area contributed by atoms with Gasteiger partial charge in [0.25, 0.3) is 0 Å². The lowest BCUT2D eigenvalue weighted by atomic mass is 9.97. The Morgan fingerprint density at radius 2 is 1.96 bits per heavy atom. The number of rotatable bonds is 7. The smallest absolute Gasteiger partial charge is 0.227 e. The highest BCUT2D eigenvalue weighted by Crippen LogP contribution is 2.33. The highest BCUT2D eigenvalue weighted by Gasteiger charge is 2.35. The summed E-state index contributed by atoms with van der Waals surface area (Å²) < 4.78 is 5.92. The highest BCUT2D eigenvalue weighted by atomic mass is 16.3. The van der Waals surface area contributed by atoms with Gasteiger partial charge in [-0.1, -0.05) is 48.5 Å². The average Bonchev–Trinajstić information content (AvgIpc) is 3.29. The molecular formula is C23H24N2O3. The number of carbonyl (C=O) groups excluding carboxylic acids is 1. The molecule has 3 aromatic rings. The van der Waals surface area contributed by atoms with Gasteiger partial charge in [-0.15, -0.1) is 0 Å². The zero-order chi connectivity index (χ0) is 19.5. The minimum Gasteiger partial charge on any atom is -0.461 e. The van der Waals surface area contributed by atoms with E-state index in [9.17, 15) is 9.90 Å². The Kier molecular flexibility index (Phi) is 5.28. The van der Waals surface area contributed by atoms with Crippen molar-refractivity contribution in [2.24, 2.45) is 5.73 Å². The molecular weight excluding hydrogens is 352 g/mol. The molecule has 0 fully saturated rings. The van der Waals surface area contributed by atoms with Gasteiger partial charge in [-0.2, -0.15) is 0 Å². The summed E-state index contributed by atoms with van der Waals surface area (Å²) in [6.45, 7) is 1.46. The molecule has 2 atom stereocenters. The SMILES string of the molecule is NC(=O)[C@@H]1c2cc(CNCCc3ccc(-c4ccccc4)o3)ccc2C[C@H]1O. The first kappa shape index (κ1) is 18.5. The summed E-state index contributed by atoms with van der Waals surface area (Å²) in [5, 5.41) is 13.5. The molecule has 144 valence electrons. The van der Waals surface area contributed by atoms with E-state index in [2.05, 4.69) is 5.32 Å². The number of nitrogens with two attached hydrogens (primary N) is 1. The maximum absolute atomic E-state index is 11.6. The summed E-state index contributed by atoms with van der Waals surface area (Å²) in [5.41, 5.74) is 9.47. The Bertz CT molecular complexity index is 965. The second-order valence-electron chi connectivity index (χ2n) is 7.24. The molecule has 0 saturated carbocycles. The van der Waals surface area contributed by atoms with Crippen LogP contribution in [0.4, 0.5) is 0 Å². The molecule has 0 bridgehead atoms. The van der Waals surface area contributed by atoms with Gasteiger partial charge in [-0.3, -0.25) is 4.79 Å². The van der Waals surface area contributed by atoms with Crippen molar-refractivity contribution in [3.05, 3.63) is 83.1 Å². The van der Waals surface area contributed by atoms with Crippen molar-refractivity contribution in [2.75, 3.05) is 6.54 Å². The Hall–Kier alpha value is -2.89. The predicted octanol–water partition coefficient (Wildman–Crippen LogP) is 2.76. The van der Waals surface area contributed by atoms with Crippen LogP contribution in [0.3, 0.4) is 0 Å². The minimum atomic E-state index is -0.714. The molecule has 1 heterocycles. The first-order valence-electron chi connectivity index (χ1n) is 9.56. The Morgan fingerprint density at radius 1 is 1.14 bits per heavy atom. The van der Waals surface area contributed by atoms with Gasteiger partial charge in [0.15, 0.2) is 0 Å². The van der Waals surface area contributed by atoms with Crippen LogP contribution in [-0.2, 0) is 24.2 Å². The van der Waals surface area contributed by atoms with Gasteiger partial charge in [-0.25, -0.2) is 0 Å². The third-order valence-electron chi connectivity index (χ3n) is 5.26. The highest BCUT2D eigenvalue weighted by molar-refractivity contribution is 5.84. The third kappa shape index (κ3) is 3.86. The first-order valence-corrected chi connectivity index (χ1v) is 9.56. The molecule has 0 spiro atoms. The van der Waals surface area contributed by atoms with Gasteiger partial charge in [0.05, 0.1) is 12.0 Å². The van der Waals surface area contributed by atoms with Gasteiger partial charge in [-0.05, 0) is 35.2 Å².